The fraction of sp³-hybridized carbons (Fsp3) is 0.583. The van der Waals surface area contributed by atoms with E-state index in [0.717, 1.165) is 0 Å². The van der Waals surface area contributed by atoms with Crippen LogP contribution in [0.1, 0.15) is 48.4 Å². The van der Waals surface area contributed by atoms with Gasteiger partial charge in [0.05, 0.1) is 64.0 Å². The Labute approximate surface area is 409 Å². The maximum absolute atomic E-state index is 14.8. The molecule has 394 valence electrons. The van der Waals surface area contributed by atoms with Gasteiger partial charge in [-0.05, 0) is 33.8 Å². The van der Waals surface area contributed by atoms with E-state index in [1.165, 1.54) is 107 Å². The van der Waals surface area contributed by atoms with Crippen LogP contribution in [0.4, 0.5) is 11.4 Å². The van der Waals surface area contributed by atoms with Crippen molar-refractivity contribution in [2.75, 3.05) is 146 Å². The number of rotatable bonds is 36. The number of aliphatic hydroxyl groups excluding tert-OH is 4. The van der Waals surface area contributed by atoms with E-state index in [-0.39, 0.29) is 148 Å². The van der Waals surface area contributed by atoms with Gasteiger partial charge in [0.15, 0.2) is 23.0 Å². The van der Waals surface area contributed by atoms with Gasteiger partial charge in [-0.25, -0.2) is 0 Å². The summed E-state index contributed by atoms with van der Waals surface area (Å²) in [5.74, 6) is -0.946. The molecule has 0 aliphatic rings. The summed E-state index contributed by atoms with van der Waals surface area (Å²) in [6.07, 6.45) is -2.93. The second-order valence-electron chi connectivity index (χ2n) is 16.2. The predicted molar refractivity (Wildman–Crippen MR) is 255 cm³/mol. The van der Waals surface area contributed by atoms with Gasteiger partial charge in [-0.3, -0.25) is 9.59 Å². The highest BCUT2D eigenvalue weighted by Gasteiger charge is 2.36. The summed E-state index contributed by atoms with van der Waals surface area (Å²) in [5, 5.41) is 47.3. The zero-order valence-corrected chi connectivity index (χ0v) is 41.8. The molecule has 0 aromatic heterocycles. The number of ether oxygens (including phenoxy) is 14. The Bertz CT molecular complexity index is 1850. The minimum Gasteiger partial charge on any atom is -0.487 e. The molecule has 0 bridgehead atoms. The molecule has 3 aromatic carbocycles. The molecule has 2 atom stereocenters. The largest absolute Gasteiger partial charge is 0.487 e. The molecular formula is C48H72N2O20. The first-order chi connectivity index (χ1) is 33.5. The Balaban J connectivity index is 2.35. The lowest BCUT2D eigenvalue weighted by atomic mass is 9.99. The fourth-order valence-electron chi connectivity index (χ4n) is 6.03. The summed E-state index contributed by atoms with van der Waals surface area (Å²) >= 11 is 0. The maximum atomic E-state index is 14.8. The third-order valence-corrected chi connectivity index (χ3v) is 10.1. The first-order valence-corrected chi connectivity index (χ1v) is 22.4. The molecule has 0 radical (unpaired) electrons. The van der Waals surface area contributed by atoms with E-state index in [9.17, 15) is 30.0 Å². The van der Waals surface area contributed by atoms with E-state index in [4.69, 9.17) is 66.3 Å². The zero-order chi connectivity index (χ0) is 51.7. The molecule has 0 spiro atoms. The first kappa shape index (κ1) is 58.9. The molecule has 0 saturated heterocycles. The highest BCUT2D eigenvalue weighted by Crippen LogP contribution is 2.43. The third-order valence-electron chi connectivity index (χ3n) is 10.1. The monoisotopic (exact) mass is 996 g/mol. The van der Waals surface area contributed by atoms with Crippen molar-refractivity contribution in [2.24, 2.45) is 0 Å². The van der Waals surface area contributed by atoms with Crippen molar-refractivity contribution in [1.82, 2.24) is 0 Å². The van der Waals surface area contributed by atoms with Crippen molar-refractivity contribution >= 4 is 23.2 Å². The molecular weight excluding hydrogens is 925 g/mol. The molecule has 3 rings (SSSR count). The van der Waals surface area contributed by atoms with Crippen LogP contribution in [0.2, 0.25) is 0 Å². The summed E-state index contributed by atoms with van der Waals surface area (Å²) < 4.78 is 79.9. The van der Waals surface area contributed by atoms with Gasteiger partial charge in [0.1, 0.15) is 74.6 Å². The molecule has 0 aliphatic heterocycles. The Morgan fingerprint density at radius 2 is 0.700 bits per heavy atom. The van der Waals surface area contributed by atoms with E-state index in [1.54, 1.807) is 0 Å². The normalized spacial score (nSPS) is 12.4. The van der Waals surface area contributed by atoms with Crippen molar-refractivity contribution in [3.8, 4) is 46.0 Å². The Kier molecular flexibility index (Phi) is 25.6. The number of hydrogen-bond acceptors (Lipinski definition) is 20. The topological polar surface area (TPSA) is 268 Å². The van der Waals surface area contributed by atoms with Crippen molar-refractivity contribution in [3.05, 3.63) is 47.5 Å². The molecule has 22 nitrogen and oxygen atoms in total. The number of carbonyl (C=O) groups is 2. The summed E-state index contributed by atoms with van der Waals surface area (Å²) in [4.78, 5) is 29.5. The molecule has 0 saturated carbocycles. The number of anilines is 2. The van der Waals surface area contributed by atoms with E-state index in [2.05, 4.69) is 10.6 Å². The average molecular weight is 997 g/mol. The van der Waals surface area contributed by atoms with Crippen LogP contribution in [0.5, 0.6) is 46.0 Å². The second-order valence-corrected chi connectivity index (χ2v) is 16.2. The number of aliphatic hydroxyl groups is 4. The van der Waals surface area contributed by atoms with Gasteiger partial charge in [-0.1, -0.05) is 0 Å². The van der Waals surface area contributed by atoms with Crippen LogP contribution in [-0.2, 0) is 28.4 Å². The number of carbonyl (C=O) groups excluding carboxylic acids is 2. The number of nitrogens with one attached hydrogen (secondary N) is 2. The first-order valence-electron chi connectivity index (χ1n) is 22.4. The number of methoxy groups -OCH3 is 6. The van der Waals surface area contributed by atoms with Crippen molar-refractivity contribution in [1.29, 1.82) is 0 Å². The van der Waals surface area contributed by atoms with Gasteiger partial charge in [-0.2, -0.15) is 0 Å². The van der Waals surface area contributed by atoms with Crippen molar-refractivity contribution in [2.45, 2.75) is 51.1 Å². The van der Waals surface area contributed by atoms with Gasteiger partial charge < -0.3 is 97.4 Å². The van der Waals surface area contributed by atoms with Crippen LogP contribution in [0.25, 0.3) is 0 Å². The Morgan fingerprint density at radius 3 is 0.957 bits per heavy atom. The summed E-state index contributed by atoms with van der Waals surface area (Å²) in [6, 6.07) is 8.45. The lowest BCUT2D eigenvalue weighted by molar-refractivity contribution is -0.0579. The smallest absolute Gasteiger partial charge is 0.259 e. The quantitative estimate of drug-likeness (QED) is 0.0456. The fourth-order valence-corrected chi connectivity index (χ4v) is 6.03. The standard InChI is InChI=1S/C48H72N2O20/c1-47(2,41(53)29-51)69-35-28-36(70-48(3,4)42(54)30-52)34(46(56)50-32-25-39(65-19-13-59-7)44(68-22-16-62-10)40(26-32)66-20-14-60-8)27-33(35)45(55)49-31-23-37(63-17-11-57-5)43(67-21-15-61-9)38(24-31)64-18-12-58-6/h23-28,41-42,51-54H,11-22,29-30H2,1-10H3,(H,49,55)(H,50,56). The van der Waals surface area contributed by atoms with E-state index in [1.807, 2.05) is 0 Å². The molecule has 2 amide bonds. The van der Waals surface area contributed by atoms with Crippen LogP contribution < -0.4 is 48.5 Å². The molecule has 22 heteroatoms. The number of benzene rings is 3. The molecule has 2 unspecified atom stereocenters. The van der Waals surface area contributed by atoms with Gasteiger partial charge in [0.25, 0.3) is 11.8 Å². The summed E-state index contributed by atoms with van der Waals surface area (Å²) in [5.41, 5.74) is -3.32. The molecule has 70 heavy (non-hydrogen) atoms. The maximum Gasteiger partial charge on any atom is 0.259 e. The predicted octanol–water partition coefficient (Wildman–Crippen LogP) is 3.36. The molecule has 3 aromatic rings. The van der Waals surface area contributed by atoms with Gasteiger partial charge in [0.2, 0.25) is 11.5 Å². The van der Waals surface area contributed by atoms with Gasteiger partial charge in [0, 0.05) is 84.4 Å². The average Bonchev–Trinajstić information content (AvgIpc) is 3.32. The van der Waals surface area contributed by atoms with Crippen LogP contribution in [0.3, 0.4) is 0 Å². The van der Waals surface area contributed by atoms with Crippen molar-refractivity contribution < 1.29 is 96.3 Å². The highest BCUT2D eigenvalue weighted by atomic mass is 16.6. The van der Waals surface area contributed by atoms with Crippen LogP contribution in [-0.4, -0.2) is 191 Å². The lowest BCUT2D eigenvalue weighted by Gasteiger charge is -2.33. The Morgan fingerprint density at radius 1 is 0.429 bits per heavy atom. The van der Waals surface area contributed by atoms with Gasteiger partial charge in [-0.15, -0.1) is 0 Å². The minimum atomic E-state index is -1.55. The summed E-state index contributed by atoms with van der Waals surface area (Å²) in [7, 11) is 9.10. The van der Waals surface area contributed by atoms with Crippen LogP contribution >= 0.6 is 0 Å². The third kappa shape index (κ3) is 18.1. The molecule has 6 N–H and O–H groups in total. The van der Waals surface area contributed by atoms with E-state index in [0.29, 0.717) is 0 Å². The number of hydrogen-bond donors (Lipinski definition) is 6. The number of amides is 2. The van der Waals surface area contributed by atoms with E-state index < -0.39 is 48.4 Å². The summed E-state index contributed by atoms with van der Waals surface area (Å²) in [6.45, 7) is 6.47. The zero-order valence-electron chi connectivity index (χ0n) is 41.8. The van der Waals surface area contributed by atoms with Crippen LogP contribution in [0.15, 0.2) is 36.4 Å². The highest BCUT2D eigenvalue weighted by molar-refractivity contribution is 6.11. The molecule has 0 heterocycles. The van der Waals surface area contributed by atoms with Crippen LogP contribution in [0, 0.1) is 0 Å². The molecule has 0 aliphatic carbocycles. The lowest BCUT2D eigenvalue weighted by Crippen LogP contribution is -2.45. The van der Waals surface area contributed by atoms with Gasteiger partial charge >= 0.3 is 0 Å². The van der Waals surface area contributed by atoms with E-state index >= 15 is 0 Å². The Hall–Kier alpha value is -5.40. The van der Waals surface area contributed by atoms with Crippen molar-refractivity contribution in [3.63, 3.8) is 0 Å². The molecule has 0 fully saturated rings. The minimum absolute atomic E-state index is 0.0959. The second kappa shape index (κ2) is 30.4. The SMILES string of the molecule is COCCOc1cc(NC(=O)c2cc(C(=O)Nc3cc(OCCOC)c(OCCOC)c(OCCOC)c3)c(OC(C)(C)C(O)CO)cc2OC(C)(C)C(O)CO)cc(OCCOC)c1OCCOC.